The van der Waals surface area contributed by atoms with Gasteiger partial charge in [0.05, 0.1) is 6.04 Å². The van der Waals surface area contributed by atoms with E-state index >= 15 is 0 Å². The van der Waals surface area contributed by atoms with Crippen molar-refractivity contribution in [3.8, 4) is 11.5 Å². The quantitative estimate of drug-likeness (QED) is 0.327. The van der Waals surface area contributed by atoms with Gasteiger partial charge in [0.2, 0.25) is 23.5 Å². The van der Waals surface area contributed by atoms with Crippen LogP contribution < -0.4 is 10.6 Å². The summed E-state index contributed by atoms with van der Waals surface area (Å²) in [5, 5.41) is 13.4. The summed E-state index contributed by atoms with van der Waals surface area (Å²) in [6.07, 6.45) is 0.321. The number of nitrogens with one attached hydrogen (secondary N) is 2. The van der Waals surface area contributed by atoms with Crippen molar-refractivity contribution in [3.05, 3.63) is 72.1 Å². The van der Waals surface area contributed by atoms with E-state index in [9.17, 15) is 19.2 Å². The normalized spacial score (nSPS) is 16.2. The first kappa shape index (κ1) is 30.4. The maximum Gasteiger partial charge on any atom is 0.408 e. The number of carbonyl (C=O) groups excluding carboxylic acids is 4. The monoisotopic (exact) mass is 575 g/mol. The molecule has 0 aliphatic carbocycles. The van der Waals surface area contributed by atoms with Gasteiger partial charge < -0.3 is 24.7 Å². The van der Waals surface area contributed by atoms with Gasteiger partial charge in [-0.2, -0.15) is 0 Å². The average Bonchev–Trinajstić information content (AvgIpc) is 3.68. The van der Waals surface area contributed by atoms with E-state index in [2.05, 4.69) is 20.8 Å². The molecule has 2 heterocycles. The summed E-state index contributed by atoms with van der Waals surface area (Å²) in [6, 6.07) is 15.7. The summed E-state index contributed by atoms with van der Waals surface area (Å²) >= 11 is 0. The Hall–Kier alpha value is -4.54. The van der Waals surface area contributed by atoms with Crippen LogP contribution in [0.15, 0.2) is 65.1 Å². The number of hydrogen-bond acceptors (Lipinski definition) is 8. The van der Waals surface area contributed by atoms with Gasteiger partial charge in [-0.1, -0.05) is 76.2 Å². The summed E-state index contributed by atoms with van der Waals surface area (Å²) in [5.74, 6) is -1.89. The Labute approximate surface area is 245 Å². The van der Waals surface area contributed by atoms with E-state index in [0.717, 1.165) is 5.56 Å². The minimum Gasteiger partial charge on any atom is -0.445 e. The number of aromatic nitrogens is 2. The predicted molar refractivity (Wildman–Crippen MR) is 154 cm³/mol. The maximum atomic E-state index is 13.6. The lowest BCUT2D eigenvalue weighted by atomic mass is 9.98. The molecule has 222 valence electrons. The number of alkyl carbamates (subject to hydrolysis) is 1. The van der Waals surface area contributed by atoms with Gasteiger partial charge in [-0.05, 0) is 42.4 Å². The number of carbonyl (C=O) groups is 4. The van der Waals surface area contributed by atoms with Crippen LogP contribution in [-0.4, -0.2) is 63.5 Å². The van der Waals surface area contributed by atoms with E-state index in [-0.39, 0.29) is 36.1 Å². The maximum absolute atomic E-state index is 13.6. The zero-order chi connectivity index (χ0) is 30.2. The number of Topliss-reactive ketones (excluding diaryl/α,β-unsaturated/α-hetero) is 1. The van der Waals surface area contributed by atoms with Crippen LogP contribution in [-0.2, 0) is 20.9 Å². The second-order valence-electron chi connectivity index (χ2n) is 11.0. The first-order valence-corrected chi connectivity index (χ1v) is 14.2. The molecule has 3 aromatic rings. The van der Waals surface area contributed by atoms with E-state index in [0.29, 0.717) is 24.9 Å². The lowest BCUT2D eigenvalue weighted by molar-refractivity contribution is -0.141. The first-order valence-electron chi connectivity index (χ1n) is 14.2. The number of ketones is 1. The van der Waals surface area contributed by atoms with Gasteiger partial charge in [0, 0.05) is 12.1 Å². The molecule has 0 bridgehead atoms. The number of benzene rings is 2. The largest absolute Gasteiger partial charge is 0.445 e. The highest BCUT2D eigenvalue weighted by Gasteiger charge is 2.40. The Morgan fingerprint density at radius 1 is 0.905 bits per heavy atom. The number of amides is 3. The molecule has 3 atom stereocenters. The highest BCUT2D eigenvalue weighted by molar-refractivity contribution is 6.00. The van der Waals surface area contributed by atoms with E-state index in [1.165, 1.54) is 4.90 Å². The molecular formula is C31H37N5O6. The third-order valence-electron chi connectivity index (χ3n) is 7.16. The number of hydrogen-bond donors (Lipinski definition) is 2. The Balaban J connectivity index is 1.41. The summed E-state index contributed by atoms with van der Waals surface area (Å²) < 4.78 is 10.9. The summed E-state index contributed by atoms with van der Waals surface area (Å²) in [6.45, 7) is 7.64. The molecule has 4 rings (SSSR count). The molecule has 2 N–H and O–H groups in total. The van der Waals surface area contributed by atoms with Crippen LogP contribution in [0, 0.1) is 11.8 Å². The molecule has 1 fully saturated rings. The fourth-order valence-electron chi connectivity index (χ4n) is 4.82. The molecule has 1 aliphatic rings. The van der Waals surface area contributed by atoms with Crippen LogP contribution in [0.4, 0.5) is 4.79 Å². The number of likely N-dealkylation sites (tertiary alicyclic amines) is 1. The number of rotatable bonds is 11. The fourth-order valence-corrected chi connectivity index (χ4v) is 4.82. The van der Waals surface area contributed by atoms with Crippen molar-refractivity contribution in [2.75, 3.05) is 6.54 Å². The molecule has 1 aliphatic heterocycles. The minimum absolute atomic E-state index is 0.0674. The van der Waals surface area contributed by atoms with Gasteiger partial charge >= 0.3 is 6.09 Å². The first-order chi connectivity index (χ1) is 20.2. The molecule has 1 aromatic heterocycles. The molecule has 11 nitrogen and oxygen atoms in total. The van der Waals surface area contributed by atoms with Gasteiger partial charge in [-0.15, -0.1) is 10.2 Å². The van der Waals surface area contributed by atoms with Crippen molar-refractivity contribution in [2.24, 2.45) is 11.8 Å². The molecule has 0 spiro atoms. The highest BCUT2D eigenvalue weighted by atomic mass is 16.5. The Kier molecular flexibility index (Phi) is 10.1. The second-order valence-corrected chi connectivity index (χ2v) is 11.0. The Morgan fingerprint density at radius 2 is 1.55 bits per heavy atom. The van der Waals surface area contributed by atoms with Crippen LogP contribution >= 0.6 is 0 Å². The third-order valence-corrected chi connectivity index (χ3v) is 7.16. The van der Waals surface area contributed by atoms with Gasteiger partial charge in [0.15, 0.2) is 0 Å². The Bertz CT molecular complexity index is 1370. The van der Waals surface area contributed by atoms with Crippen LogP contribution in [0.1, 0.15) is 56.8 Å². The van der Waals surface area contributed by atoms with Crippen LogP contribution in [0.3, 0.4) is 0 Å². The van der Waals surface area contributed by atoms with Gasteiger partial charge in [0.25, 0.3) is 5.89 Å². The highest BCUT2D eigenvalue weighted by Crippen LogP contribution is 2.23. The van der Waals surface area contributed by atoms with Crippen molar-refractivity contribution < 1.29 is 28.3 Å². The molecule has 42 heavy (non-hydrogen) atoms. The van der Waals surface area contributed by atoms with E-state index in [1.54, 1.807) is 26.0 Å². The minimum atomic E-state index is -0.939. The lowest BCUT2D eigenvalue weighted by Gasteiger charge is -2.31. The van der Waals surface area contributed by atoms with Crippen molar-refractivity contribution in [2.45, 2.75) is 65.3 Å². The zero-order valence-corrected chi connectivity index (χ0v) is 24.3. The molecule has 0 unspecified atom stereocenters. The van der Waals surface area contributed by atoms with Crippen molar-refractivity contribution in [3.63, 3.8) is 0 Å². The number of ether oxygens (including phenoxy) is 1. The molecule has 11 heteroatoms. The SMILES string of the molecule is CC(C)[C@H](NC(=O)[C@@H]1CCCN1C(=O)[C@@H](NC(=O)OCc1ccccc1)C(C)C)C(=O)c1nnc(-c2ccccc2)o1. The van der Waals surface area contributed by atoms with Crippen molar-refractivity contribution in [1.82, 2.24) is 25.7 Å². The standard InChI is InChI=1S/C31H37N5O6/c1-19(2)24(26(37)29-35-34-28(42-29)22-14-9-6-10-15-22)32-27(38)23-16-11-17-36(23)30(39)25(20(3)4)33-31(40)41-18-21-12-7-5-8-13-21/h5-10,12-15,19-20,23-25H,11,16-18H2,1-4H3,(H,32,38)(H,33,40)/t23-,24-,25-/m0/s1. The van der Waals surface area contributed by atoms with Crippen molar-refractivity contribution in [1.29, 1.82) is 0 Å². The smallest absolute Gasteiger partial charge is 0.408 e. The zero-order valence-electron chi connectivity index (χ0n) is 24.3. The van der Waals surface area contributed by atoms with Gasteiger partial charge in [0.1, 0.15) is 18.7 Å². The average molecular weight is 576 g/mol. The fraction of sp³-hybridized carbons (Fsp3) is 0.419. The van der Waals surface area contributed by atoms with Gasteiger partial charge in [-0.25, -0.2) is 4.79 Å². The third kappa shape index (κ3) is 7.39. The molecular weight excluding hydrogens is 538 g/mol. The van der Waals surface area contributed by atoms with E-state index in [4.69, 9.17) is 9.15 Å². The molecule has 2 aromatic carbocycles. The van der Waals surface area contributed by atoms with E-state index < -0.39 is 35.9 Å². The molecule has 0 radical (unpaired) electrons. The van der Waals surface area contributed by atoms with Crippen LogP contribution in [0.5, 0.6) is 0 Å². The molecule has 1 saturated heterocycles. The van der Waals surface area contributed by atoms with Crippen molar-refractivity contribution >= 4 is 23.7 Å². The number of nitrogens with zero attached hydrogens (tertiary/aromatic N) is 3. The Morgan fingerprint density at radius 3 is 2.19 bits per heavy atom. The van der Waals surface area contributed by atoms with E-state index in [1.807, 2.05) is 62.4 Å². The molecule has 3 amide bonds. The van der Waals surface area contributed by atoms with Crippen LogP contribution in [0.25, 0.3) is 11.5 Å². The van der Waals surface area contributed by atoms with Gasteiger partial charge in [-0.3, -0.25) is 14.4 Å². The summed E-state index contributed by atoms with van der Waals surface area (Å²) in [4.78, 5) is 54.4. The lowest BCUT2D eigenvalue weighted by Crippen LogP contribution is -2.57. The second kappa shape index (κ2) is 13.9. The molecule has 0 saturated carbocycles. The topological polar surface area (TPSA) is 144 Å². The summed E-state index contributed by atoms with van der Waals surface area (Å²) in [7, 11) is 0. The predicted octanol–water partition coefficient (Wildman–Crippen LogP) is 4.00. The van der Waals surface area contributed by atoms with Crippen LogP contribution in [0.2, 0.25) is 0 Å². The summed E-state index contributed by atoms with van der Waals surface area (Å²) in [5.41, 5.74) is 1.49.